The largest absolute Gasteiger partial charge is 0.384 e. The second-order valence-electron chi connectivity index (χ2n) is 6.61. The molecular formula is C21H31N5O. The first-order chi connectivity index (χ1) is 13.1. The van der Waals surface area contributed by atoms with E-state index in [2.05, 4.69) is 25.9 Å². The summed E-state index contributed by atoms with van der Waals surface area (Å²) in [4.78, 5) is 8.79. The van der Waals surface area contributed by atoms with Crippen molar-refractivity contribution < 1.29 is 5.11 Å². The quantitative estimate of drug-likeness (QED) is 0.294. The number of anilines is 1. The summed E-state index contributed by atoms with van der Waals surface area (Å²) in [7, 11) is 0. The number of aliphatic hydroxyl groups is 1. The molecule has 0 bridgehead atoms. The number of hydrogen-bond donors (Lipinski definition) is 4. The van der Waals surface area contributed by atoms with E-state index in [-0.39, 0.29) is 0 Å². The second kappa shape index (κ2) is 11.2. The lowest BCUT2D eigenvalue weighted by molar-refractivity contribution is 0.0672. The molecule has 0 saturated heterocycles. The van der Waals surface area contributed by atoms with Crippen molar-refractivity contribution in [2.45, 2.75) is 32.3 Å². The van der Waals surface area contributed by atoms with E-state index in [1.54, 1.807) is 13.1 Å². The van der Waals surface area contributed by atoms with E-state index in [4.69, 9.17) is 0 Å². The van der Waals surface area contributed by atoms with Crippen molar-refractivity contribution >= 4 is 11.8 Å². The Balaban J connectivity index is 1.73. The first-order valence-corrected chi connectivity index (χ1v) is 9.57. The molecule has 1 unspecified atom stereocenters. The van der Waals surface area contributed by atoms with E-state index in [9.17, 15) is 5.11 Å². The van der Waals surface area contributed by atoms with Gasteiger partial charge < -0.3 is 21.1 Å². The molecule has 1 heterocycles. The van der Waals surface area contributed by atoms with Gasteiger partial charge in [0, 0.05) is 25.8 Å². The zero-order chi connectivity index (χ0) is 19.4. The summed E-state index contributed by atoms with van der Waals surface area (Å²) in [5, 5.41) is 20.5. The third-order valence-electron chi connectivity index (χ3n) is 4.15. The van der Waals surface area contributed by atoms with Crippen LogP contribution >= 0.6 is 0 Å². The highest BCUT2D eigenvalue weighted by Gasteiger charge is 2.22. The van der Waals surface area contributed by atoms with Gasteiger partial charge in [0.15, 0.2) is 5.96 Å². The molecule has 4 N–H and O–H groups in total. The maximum atomic E-state index is 10.7. The second-order valence-corrected chi connectivity index (χ2v) is 6.61. The summed E-state index contributed by atoms with van der Waals surface area (Å²) in [5.41, 5.74) is -0.124. The number of unbranched alkanes of at least 4 members (excludes halogenated alkanes) is 1. The van der Waals surface area contributed by atoms with E-state index in [1.165, 1.54) is 0 Å². The van der Waals surface area contributed by atoms with Crippen molar-refractivity contribution in [3.8, 4) is 0 Å². The Bertz CT molecular complexity index is 673. The fourth-order valence-electron chi connectivity index (χ4n) is 2.60. The Morgan fingerprint density at radius 1 is 1.04 bits per heavy atom. The zero-order valence-electron chi connectivity index (χ0n) is 16.3. The molecule has 0 aliphatic rings. The molecule has 0 fully saturated rings. The van der Waals surface area contributed by atoms with Crippen LogP contribution in [-0.2, 0) is 5.60 Å². The number of nitrogens with zero attached hydrogens (tertiary/aromatic N) is 2. The fourth-order valence-corrected chi connectivity index (χ4v) is 2.60. The number of nitrogens with one attached hydrogen (secondary N) is 3. The van der Waals surface area contributed by atoms with Crippen molar-refractivity contribution in [1.82, 2.24) is 15.6 Å². The Morgan fingerprint density at radius 2 is 1.78 bits per heavy atom. The average Bonchev–Trinajstić information content (AvgIpc) is 2.70. The predicted molar refractivity (Wildman–Crippen MR) is 112 cm³/mol. The van der Waals surface area contributed by atoms with Crippen LogP contribution in [-0.4, -0.2) is 42.2 Å². The molecule has 0 aliphatic heterocycles. The maximum Gasteiger partial charge on any atom is 0.191 e. The molecule has 6 nitrogen and oxygen atoms in total. The summed E-state index contributed by atoms with van der Waals surface area (Å²) in [5.74, 6) is 1.63. The van der Waals surface area contributed by atoms with Crippen LogP contribution in [0.25, 0.3) is 0 Å². The van der Waals surface area contributed by atoms with Crippen molar-refractivity contribution in [3.63, 3.8) is 0 Å². The van der Waals surface area contributed by atoms with Gasteiger partial charge in [-0.05, 0) is 44.4 Å². The monoisotopic (exact) mass is 369 g/mol. The normalized spacial score (nSPS) is 13.7. The highest BCUT2D eigenvalue weighted by Crippen LogP contribution is 2.20. The summed E-state index contributed by atoms with van der Waals surface area (Å²) in [6.07, 6.45) is 3.83. The lowest BCUT2D eigenvalue weighted by Gasteiger charge is -2.22. The lowest BCUT2D eigenvalue weighted by atomic mass is 9.96. The standard InChI is InChI=1S/C21H31N5O/c1-3-22-20(26-17-21(2,27)18-11-5-4-6-12-18)25-16-10-9-15-24-19-13-7-8-14-23-19/h4-8,11-14,27H,3,9-10,15-17H2,1-2H3,(H,23,24)(H2,22,25,26). The molecule has 1 atom stereocenters. The van der Waals surface area contributed by atoms with Gasteiger partial charge in [-0.1, -0.05) is 36.4 Å². The van der Waals surface area contributed by atoms with Gasteiger partial charge in [0.2, 0.25) is 0 Å². The third-order valence-corrected chi connectivity index (χ3v) is 4.15. The van der Waals surface area contributed by atoms with Gasteiger partial charge in [0.25, 0.3) is 0 Å². The first-order valence-electron chi connectivity index (χ1n) is 9.57. The molecular weight excluding hydrogens is 338 g/mol. The lowest BCUT2D eigenvalue weighted by Crippen LogP contribution is -2.39. The highest BCUT2D eigenvalue weighted by atomic mass is 16.3. The maximum absolute atomic E-state index is 10.7. The van der Waals surface area contributed by atoms with Crippen LogP contribution < -0.4 is 16.0 Å². The summed E-state index contributed by atoms with van der Waals surface area (Å²) >= 11 is 0. The molecule has 0 saturated carbocycles. The SMILES string of the molecule is CCNC(=NCC(C)(O)c1ccccc1)NCCCCNc1ccccn1. The van der Waals surface area contributed by atoms with Crippen LogP contribution in [0.15, 0.2) is 59.7 Å². The Morgan fingerprint density at radius 3 is 2.48 bits per heavy atom. The molecule has 0 aliphatic carbocycles. The smallest absolute Gasteiger partial charge is 0.191 e. The molecule has 146 valence electrons. The van der Waals surface area contributed by atoms with Gasteiger partial charge in [0.05, 0.1) is 6.54 Å². The topological polar surface area (TPSA) is 81.6 Å². The number of hydrogen-bond acceptors (Lipinski definition) is 4. The van der Waals surface area contributed by atoms with Crippen LogP contribution in [0.3, 0.4) is 0 Å². The molecule has 6 heteroatoms. The number of rotatable bonds is 10. The molecule has 2 rings (SSSR count). The number of aliphatic imine (C=N–C) groups is 1. The predicted octanol–water partition coefficient (Wildman–Crippen LogP) is 2.74. The molecule has 27 heavy (non-hydrogen) atoms. The number of guanidine groups is 1. The number of aromatic nitrogens is 1. The summed E-state index contributed by atoms with van der Waals surface area (Å²) in [6.45, 7) is 6.61. The Labute approximate surface area is 162 Å². The Hall–Kier alpha value is -2.60. The molecule has 0 spiro atoms. The van der Waals surface area contributed by atoms with Crippen LogP contribution in [0.1, 0.15) is 32.3 Å². The van der Waals surface area contributed by atoms with Gasteiger partial charge in [-0.25, -0.2) is 9.98 Å². The van der Waals surface area contributed by atoms with E-state index in [0.717, 1.165) is 49.8 Å². The van der Waals surface area contributed by atoms with Crippen molar-refractivity contribution in [2.75, 3.05) is 31.5 Å². The van der Waals surface area contributed by atoms with Gasteiger partial charge in [0.1, 0.15) is 11.4 Å². The van der Waals surface area contributed by atoms with Crippen LogP contribution in [0, 0.1) is 0 Å². The van der Waals surface area contributed by atoms with Crippen LogP contribution in [0.4, 0.5) is 5.82 Å². The molecule has 1 aromatic carbocycles. The summed E-state index contributed by atoms with van der Waals surface area (Å²) < 4.78 is 0. The minimum absolute atomic E-state index is 0.299. The van der Waals surface area contributed by atoms with Crippen molar-refractivity contribution in [1.29, 1.82) is 0 Å². The molecule has 2 aromatic rings. The average molecular weight is 370 g/mol. The zero-order valence-corrected chi connectivity index (χ0v) is 16.3. The third kappa shape index (κ3) is 7.66. The van der Waals surface area contributed by atoms with Gasteiger partial charge >= 0.3 is 0 Å². The highest BCUT2D eigenvalue weighted by molar-refractivity contribution is 5.79. The number of benzene rings is 1. The molecule has 0 radical (unpaired) electrons. The van der Waals surface area contributed by atoms with Crippen LogP contribution in [0.5, 0.6) is 0 Å². The van der Waals surface area contributed by atoms with Gasteiger partial charge in [-0.3, -0.25) is 0 Å². The number of pyridine rings is 1. The first kappa shape index (κ1) is 20.7. The Kier molecular flexibility index (Phi) is 8.58. The minimum Gasteiger partial charge on any atom is -0.384 e. The van der Waals surface area contributed by atoms with E-state index in [0.29, 0.717) is 6.54 Å². The van der Waals surface area contributed by atoms with Crippen molar-refractivity contribution in [2.24, 2.45) is 4.99 Å². The van der Waals surface area contributed by atoms with Crippen LogP contribution in [0.2, 0.25) is 0 Å². The van der Waals surface area contributed by atoms with E-state index >= 15 is 0 Å². The van der Waals surface area contributed by atoms with E-state index < -0.39 is 5.60 Å². The van der Waals surface area contributed by atoms with Gasteiger partial charge in [-0.2, -0.15) is 0 Å². The minimum atomic E-state index is -0.990. The van der Waals surface area contributed by atoms with Gasteiger partial charge in [-0.15, -0.1) is 0 Å². The fraction of sp³-hybridized carbons (Fsp3) is 0.429. The summed E-state index contributed by atoms with van der Waals surface area (Å²) in [6, 6.07) is 15.5. The van der Waals surface area contributed by atoms with Crippen molar-refractivity contribution in [3.05, 3.63) is 60.3 Å². The van der Waals surface area contributed by atoms with E-state index in [1.807, 2.05) is 55.5 Å². The molecule has 0 amide bonds. The molecule has 1 aromatic heterocycles.